The zero-order valence-corrected chi connectivity index (χ0v) is 16.6. The Kier molecular flexibility index (Phi) is 6.17. The minimum absolute atomic E-state index is 0.0982. The number of amides is 2. The van der Waals surface area contributed by atoms with Crippen LogP contribution in [0.15, 0.2) is 24.3 Å². The summed E-state index contributed by atoms with van der Waals surface area (Å²) in [6, 6.07) is 7.54. The number of rotatable bonds is 6. The fourth-order valence-electron chi connectivity index (χ4n) is 3.35. The highest BCUT2D eigenvalue weighted by molar-refractivity contribution is 5.82. The van der Waals surface area contributed by atoms with Crippen LogP contribution in [-0.2, 0) is 17.8 Å². The number of ether oxygens (including phenoxy) is 1. The summed E-state index contributed by atoms with van der Waals surface area (Å²) in [7, 11) is 0. The van der Waals surface area contributed by atoms with Crippen molar-refractivity contribution < 1.29 is 18.3 Å². The van der Waals surface area contributed by atoms with Gasteiger partial charge in [-0.1, -0.05) is 32.0 Å². The number of hydrogen-bond acceptors (Lipinski definition) is 3. The van der Waals surface area contributed by atoms with Crippen molar-refractivity contribution in [3.05, 3.63) is 30.0 Å². The van der Waals surface area contributed by atoms with Gasteiger partial charge in [0.05, 0.1) is 30.9 Å². The lowest BCUT2D eigenvalue weighted by atomic mass is 10.1. The molecule has 1 atom stereocenters. The van der Waals surface area contributed by atoms with Crippen LogP contribution in [0.1, 0.15) is 32.9 Å². The van der Waals surface area contributed by atoms with Crippen LogP contribution in [0, 0.1) is 5.92 Å². The van der Waals surface area contributed by atoms with Crippen LogP contribution in [0.3, 0.4) is 0 Å². The number of nitrogens with zero attached hydrogens (tertiary/aromatic N) is 3. The van der Waals surface area contributed by atoms with E-state index in [0.29, 0.717) is 5.92 Å². The molecule has 3 rings (SSSR count). The summed E-state index contributed by atoms with van der Waals surface area (Å²) in [5, 5.41) is 8.49. The normalized spacial score (nSPS) is 20.3. The molecular weight excluding hydrogens is 366 g/mol. The summed E-state index contributed by atoms with van der Waals surface area (Å²) < 4.78 is 33.6. The van der Waals surface area contributed by atoms with Crippen LogP contribution in [0.25, 0.3) is 10.9 Å². The third-order valence-electron chi connectivity index (χ3n) is 5.11. The van der Waals surface area contributed by atoms with E-state index < -0.39 is 12.0 Å². The summed E-state index contributed by atoms with van der Waals surface area (Å²) in [4.78, 5) is 13.9. The van der Waals surface area contributed by atoms with E-state index in [1.54, 1.807) is 0 Å². The second kappa shape index (κ2) is 8.43. The molecule has 1 unspecified atom stereocenters. The molecule has 1 N–H and O–H groups in total. The SMILES string of the molecule is CC(C)CCn1nc(CNC(=O)N2CCOC(C)(C(F)F)C2)c2ccccc21. The highest BCUT2D eigenvalue weighted by atomic mass is 19.3. The van der Waals surface area contributed by atoms with E-state index in [4.69, 9.17) is 4.74 Å². The number of urea groups is 1. The van der Waals surface area contributed by atoms with Crippen LogP contribution in [0.2, 0.25) is 0 Å². The van der Waals surface area contributed by atoms with Crippen molar-refractivity contribution in [3.8, 4) is 0 Å². The minimum atomic E-state index is -2.65. The third kappa shape index (κ3) is 4.43. The van der Waals surface area contributed by atoms with Gasteiger partial charge in [0.25, 0.3) is 6.43 Å². The first kappa shape index (κ1) is 20.5. The summed E-state index contributed by atoms with van der Waals surface area (Å²) in [5.74, 6) is 0.566. The quantitative estimate of drug-likeness (QED) is 0.814. The molecule has 1 aromatic heterocycles. The number of halogens is 2. The van der Waals surface area contributed by atoms with Gasteiger partial charge in [-0.05, 0) is 25.3 Å². The van der Waals surface area contributed by atoms with Gasteiger partial charge in [0.2, 0.25) is 0 Å². The van der Waals surface area contributed by atoms with Gasteiger partial charge in [-0.25, -0.2) is 13.6 Å². The van der Waals surface area contributed by atoms with Crippen molar-refractivity contribution in [2.45, 2.75) is 52.3 Å². The lowest BCUT2D eigenvalue weighted by molar-refractivity contribution is -0.161. The Bertz CT molecular complexity index is 824. The maximum atomic E-state index is 13.2. The predicted molar refractivity (Wildman–Crippen MR) is 103 cm³/mol. The number of aryl methyl sites for hydroxylation is 1. The average molecular weight is 394 g/mol. The molecule has 154 valence electrons. The Morgan fingerprint density at radius 2 is 2.11 bits per heavy atom. The molecule has 2 aromatic rings. The number of nitrogens with one attached hydrogen (secondary N) is 1. The molecular formula is C20H28F2N4O2. The Morgan fingerprint density at radius 3 is 2.82 bits per heavy atom. The van der Waals surface area contributed by atoms with Gasteiger partial charge < -0.3 is 15.0 Å². The number of para-hydroxylation sites is 1. The molecule has 2 amide bonds. The maximum Gasteiger partial charge on any atom is 0.317 e. The second-order valence-corrected chi connectivity index (χ2v) is 7.91. The van der Waals surface area contributed by atoms with Gasteiger partial charge in [0.1, 0.15) is 5.60 Å². The van der Waals surface area contributed by atoms with E-state index >= 15 is 0 Å². The largest absolute Gasteiger partial charge is 0.366 e. The number of carbonyl (C=O) groups excluding carboxylic acids is 1. The van der Waals surface area contributed by atoms with E-state index in [-0.39, 0.29) is 32.3 Å². The van der Waals surface area contributed by atoms with E-state index in [1.807, 2.05) is 28.9 Å². The molecule has 1 saturated heterocycles. The molecule has 0 radical (unpaired) electrons. The minimum Gasteiger partial charge on any atom is -0.366 e. The molecule has 1 aliphatic rings. The fraction of sp³-hybridized carbons (Fsp3) is 0.600. The Morgan fingerprint density at radius 1 is 1.36 bits per heavy atom. The van der Waals surface area contributed by atoms with Crippen molar-refractivity contribution in [2.75, 3.05) is 19.7 Å². The van der Waals surface area contributed by atoms with Crippen molar-refractivity contribution in [2.24, 2.45) is 5.92 Å². The summed E-state index contributed by atoms with van der Waals surface area (Å²) in [6.45, 7) is 6.98. The summed E-state index contributed by atoms with van der Waals surface area (Å²) >= 11 is 0. The topological polar surface area (TPSA) is 59.4 Å². The number of morpholine rings is 1. The van der Waals surface area contributed by atoms with Crippen molar-refractivity contribution in [1.82, 2.24) is 20.0 Å². The Hall–Kier alpha value is -2.22. The molecule has 0 aliphatic carbocycles. The number of carbonyl (C=O) groups is 1. The first-order valence-electron chi connectivity index (χ1n) is 9.69. The molecule has 28 heavy (non-hydrogen) atoms. The highest BCUT2D eigenvalue weighted by Crippen LogP contribution is 2.25. The van der Waals surface area contributed by atoms with Crippen molar-refractivity contribution >= 4 is 16.9 Å². The standard InChI is InChI=1S/C20H28F2N4O2/c1-14(2)8-9-26-17-7-5-4-6-15(17)16(24-26)12-23-19(27)25-10-11-28-20(3,13-25)18(21)22/h4-7,14,18H,8-13H2,1-3H3,(H,23,27). The van der Waals surface area contributed by atoms with Gasteiger partial charge in [-0.2, -0.15) is 5.10 Å². The zero-order chi connectivity index (χ0) is 20.3. The van der Waals surface area contributed by atoms with Crippen molar-refractivity contribution in [1.29, 1.82) is 0 Å². The highest BCUT2D eigenvalue weighted by Gasteiger charge is 2.42. The van der Waals surface area contributed by atoms with Gasteiger partial charge >= 0.3 is 6.03 Å². The number of hydrogen-bond donors (Lipinski definition) is 1. The summed E-state index contributed by atoms with van der Waals surface area (Å²) in [5.41, 5.74) is 0.183. The number of aromatic nitrogens is 2. The zero-order valence-electron chi connectivity index (χ0n) is 16.6. The lowest BCUT2D eigenvalue weighted by Gasteiger charge is -2.39. The number of alkyl halides is 2. The van der Waals surface area contributed by atoms with E-state index in [9.17, 15) is 13.6 Å². The Balaban J connectivity index is 1.69. The molecule has 1 aromatic carbocycles. The van der Waals surface area contributed by atoms with Crippen LogP contribution in [-0.4, -0.2) is 52.4 Å². The number of fused-ring (bicyclic) bond motifs is 1. The molecule has 1 aliphatic heterocycles. The number of benzene rings is 1. The Labute approximate surface area is 163 Å². The predicted octanol–water partition coefficient (Wildman–Crippen LogP) is 3.65. The van der Waals surface area contributed by atoms with Gasteiger partial charge in [-0.3, -0.25) is 4.68 Å². The smallest absolute Gasteiger partial charge is 0.317 e. The average Bonchev–Trinajstić information content (AvgIpc) is 3.02. The van der Waals surface area contributed by atoms with Crippen LogP contribution < -0.4 is 5.32 Å². The van der Waals surface area contributed by atoms with Gasteiger partial charge in [0, 0.05) is 18.5 Å². The molecule has 8 heteroatoms. The first-order chi connectivity index (χ1) is 13.3. The lowest BCUT2D eigenvalue weighted by Crippen LogP contribution is -2.57. The van der Waals surface area contributed by atoms with E-state index in [0.717, 1.165) is 29.6 Å². The second-order valence-electron chi connectivity index (χ2n) is 7.91. The van der Waals surface area contributed by atoms with E-state index in [2.05, 4.69) is 24.3 Å². The first-order valence-corrected chi connectivity index (χ1v) is 9.69. The monoisotopic (exact) mass is 394 g/mol. The van der Waals surface area contributed by atoms with Crippen LogP contribution in [0.5, 0.6) is 0 Å². The van der Waals surface area contributed by atoms with Gasteiger partial charge in [0.15, 0.2) is 0 Å². The van der Waals surface area contributed by atoms with Gasteiger partial charge in [-0.15, -0.1) is 0 Å². The third-order valence-corrected chi connectivity index (χ3v) is 5.11. The van der Waals surface area contributed by atoms with E-state index in [1.165, 1.54) is 11.8 Å². The molecule has 0 saturated carbocycles. The molecule has 1 fully saturated rings. The van der Waals surface area contributed by atoms with Crippen molar-refractivity contribution in [3.63, 3.8) is 0 Å². The molecule has 0 spiro atoms. The summed E-state index contributed by atoms with van der Waals surface area (Å²) in [6.07, 6.45) is -1.64. The maximum absolute atomic E-state index is 13.2. The fourth-order valence-corrected chi connectivity index (χ4v) is 3.35. The molecule has 0 bridgehead atoms. The van der Waals surface area contributed by atoms with Crippen LogP contribution >= 0.6 is 0 Å². The molecule has 2 heterocycles. The molecule has 6 nitrogen and oxygen atoms in total. The van der Waals surface area contributed by atoms with Crippen LogP contribution in [0.4, 0.5) is 13.6 Å².